The Bertz CT molecular complexity index is 600. The number of carboxylic acid groups (broad SMARTS) is 1. The highest BCUT2D eigenvalue weighted by Gasteiger charge is 2.18. The molecule has 0 aliphatic rings. The average Bonchev–Trinajstić information content (AvgIpc) is 2.54. The van der Waals surface area contributed by atoms with Crippen molar-refractivity contribution < 1.29 is 14.6 Å². The minimum Gasteiger partial charge on any atom is -0.494 e. The van der Waals surface area contributed by atoms with Gasteiger partial charge in [0.05, 0.1) is 12.5 Å². The molecule has 3 heteroatoms. The zero-order valence-corrected chi connectivity index (χ0v) is 13.1. The Morgan fingerprint density at radius 3 is 2.00 bits per heavy atom. The highest BCUT2D eigenvalue weighted by atomic mass is 16.5. The van der Waals surface area contributed by atoms with Gasteiger partial charge in [-0.1, -0.05) is 49.7 Å². The van der Waals surface area contributed by atoms with E-state index < -0.39 is 11.9 Å². The number of ether oxygens (including phenoxy) is 1. The summed E-state index contributed by atoms with van der Waals surface area (Å²) in [5.74, 6) is -0.313. The molecule has 1 N–H and O–H groups in total. The van der Waals surface area contributed by atoms with Gasteiger partial charge in [0.25, 0.3) is 0 Å². The van der Waals surface area contributed by atoms with Crippen molar-refractivity contribution in [2.45, 2.75) is 32.6 Å². The molecule has 0 saturated heterocycles. The number of hydrogen-bond acceptors (Lipinski definition) is 2. The molecule has 1 atom stereocenters. The van der Waals surface area contributed by atoms with E-state index in [0.717, 1.165) is 28.9 Å². The molecule has 0 aliphatic carbocycles. The molecule has 3 nitrogen and oxygen atoms in total. The van der Waals surface area contributed by atoms with Crippen LogP contribution in [0.15, 0.2) is 48.5 Å². The number of benzene rings is 2. The lowest BCUT2D eigenvalue weighted by atomic mass is 9.93. The number of carboxylic acids is 1. The Morgan fingerprint density at radius 2 is 1.55 bits per heavy atom. The van der Waals surface area contributed by atoms with Gasteiger partial charge in [-0.05, 0) is 42.2 Å². The van der Waals surface area contributed by atoms with E-state index in [1.165, 1.54) is 0 Å². The van der Waals surface area contributed by atoms with Crippen LogP contribution in [0.25, 0.3) is 11.1 Å². The first kappa shape index (κ1) is 16.1. The summed E-state index contributed by atoms with van der Waals surface area (Å²) in [4.78, 5) is 11.3. The third-order valence-electron chi connectivity index (χ3n) is 3.69. The molecular formula is C19H22O3. The number of hydrogen-bond donors (Lipinski definition) is 1. The van der Waals surface area contributed by atoms with Gasteiger partial charge in [0.2, 0.25) is 0 Å². The summed E-state index contributed by atoms with van der Waals surface area (Å²) < 4.78 is 5.44. The zero-order chi connectivity index (χ0) is 15.9. The van der Waals surface area contributed by atoms with Crippen LogP contribution in [0, 0.1) is 0 Å². The molecule has 116 valence electrons. The van der Waals surface area contributed by atoms with E-state index in [9.17, 15) is 9.90 Å². The van der Waals surface area contributed by atoms with Crippen LogP contribution in [-0.4, -0.2) is 17.7 Å². The predicted octanol–water partition coefficient (Wildman–Crippen LogP) is 4.72. The molecule has 0 aliphatic heterocycles. The van der Waals surface area contributed by atoms with Gasteiger partial charge in [-0.3, -0.25) is 4.79 Å². The smallest absolute Gasteiger partial charge is 0.310 e. The highest BCUT2D eigenvalue weighted by Crippen LogP contribution is 2.27. The largest absolute Gasteiger partial charge is 0.494 e. The lowest BCUT2D eigenvalue weighted by Gasteiger charge is -2.12. The van der Waals surface area contributed by atoms with Gasteiger partial charge in [-0.2, -0.15) is 0 Å². The van der Waals surface area contributed by atoms with Gasteiger partial charge in [-0.15, -0.1) is 0 Å². The Hall–Kier alpha value is -2.29. The maximum atomic E-state index is 11.3. The van der Waals surface area contributed by atoms with Gasteiger partial charge in [0, 0.05) is 0 Å². The summed E-state index contributed by atoms with van der Waals surface area (Å²) >= 11 is 0. The van der Waals surface area contributed by atoms with E-state index in [2.05, 4.69) is 0 Å². The molecule has 0 spiro atoms. The average molecular weight is 298 g/mol. The van der Waals surface area contributed by atoms with Crippen molar-refractivity contribution in [2.24, 2.45) is 0 Å². The van der Waals surface area contributed by atoms with Crippen molar-refractivity contribution in [2.75, 3.05) is 6.61 Å². The molecule has 2 aromatic rings. The SMILES string of the molecule is CCCC(C(=O)O)c1ccc(-c2ccc(OCC)cc2)cc1. The van der Waals surface area contributed by atoms with E-state index in [4.69, 9.17) is 4.74 Å². The van der Waals surface area contributed by atoms with Gasteiger partial charge in [-0.25, -0.2) is 0 Å². The summed E-state index contributed by atoms with van der Waals surface area (Å²) in [6, 6.07) is 15.7. The zero-order valence-electron chi connectivity index (χ0n) is 13.1. The molecule has 0 fully saturated rings. The van der Waals surface area contributed by atoms with Crippen LogP contribution in [0.2, 0.25) is 0 Å². The Labute approximate surface area is 131 Å². The van der Waals surface area contributed by atoms with Gasteiger partial charge in [0.15, 0.2) is 0 Å². The van der Waals surface area contributed by atoms with Gasteiger partial charge < -0.3 is 9.84 Å². The number of carbonyl (C=O) groups is 1. The first-order valence-electron chi connectivity index (χ1n) is 7.71. The first-order chi connectivity index (χ1) is 10.7. The van der Waals surface area contributed by atoms with Crippen molar-refractivity contribution in [1.29, 1.82) is 0 Å². The third kappa shape index (κ3) is 3.88. The van der Waals surface area contributed by atoms with Gasteiger partial charge in [0.1, 0.15) is 5.75 Å². The fraction of sp³-hybridized carbons (Fsp3) is 0.316. The van der Waals surface area contributed by atoms with Crippen molar-refractivity contribution in [3.05, 3.63) is 54.1 Å². The van der Waals surface area contributed by atoms with E-state index in [0.29, 0.717) is 13.0 Å². The van der Waals surface area contributed by atoms with Crippen molar-refractivity contribution >= 4 is 5.97 Å². The molecule has 0 radical (unpaired) electrons. The van der Waals surface area contributed by atoms with Crippen LogP contribution in [0.5, 0.6) is 5.75 Å². The molecule has 2 rings (SSSR count). The van der Waals surface area contributed by atoms with Crippen LogP contribution in [0.3, 0.4) is 0 Å². The maximum absolute atomic E-state index is 11.3. The van der Waals surface area contributed by atoms with Crippen LogP contribution < -0.4 is 4.74 Å². The maximum Gasteiger partial charge on any atom is 0.310 e. The highest BCUT2D eigenvalue weighted by molar-refractivity contribution is 5.76. The number of aliphatic carboxylic acids is 1. The predicted molar refractivity (Wildman–Crippen MR) is 88.3 cm³/mol. The first-order valence-corrected chi connectivity index (χ1v) is 7.71. The lowest BCUT2D eigenvalue weighted by molar-refractivity contribution is -0.139. The summed E-state index contributed by atoms with van der Waals surface area (Å²) in [7, 11) is 0. The molecular weight excluding hydrogens is 276 g/mol. The second-order valence-corrected chi connectivity index (χ2v) is 5.26. The van der Waals surface area contributed by atoms with E-state index >= 15 is 0 Å². The molecule has 0 amide bonds. The van der Waals surface area contributed by atoms with Gasteiger partial charge >= 0.3 is 5.97 Å². The standard InChI is InChI=1S/C19H22O3/c1-3-5-18(19(20)21)16-8-6-14(7-9-16)15-10-12-17(13-11-15)22-4-2/h6-13,18H,3-5H2,1-2H3,(H,20,21). The van der Waals surface area contributed by atoms with E-state index in [1.54, 1.807) is 0 Å². The summed E-state index contributed by atoms with van der Waals surface area (Å²) in [6.45, 7) is 4.62. The van der Waals surface area contributed by atoms with Crippen LogP contribution in [-0.2, 0) is 4.79 Å². The summed E-state index contributed by atoms with van der Waals surface area (Å²) in [5, 5.41) is 9.31. The molecule has 22 heavy (non-hydrogen) atoms. The fourth-order valence-electron chi connectivity index (χ4n) is 2.54. The Balaban J connectivity index is 2.18. The summed E-state index contributed by atoms with van der Waals surface area (Å²) in [5.41, 5.74) is 3.04. The lowest BCUT2D eigenvalue weighted by Crippen LogP contribution is -2.11. The molecule has 1 unspecified atom stereocenters. The quantitative estimate of drug-likeness (QED) is 0.804. The Kier molecular flexibility index (Phi) is 5.59. The Morgan fingerprint density at radius 1 is 1.00 bits per heavy atom. The molecule has 2 aromatic carbocycles. The van der Waals surface area contributed by atoms with Crippen LogP contribution in [0.4, 0.5) is 0 Å². The topological polar surface area (TPSA) is 46.5 Å². The van der Waals surface area contributed by atoms with Crippen LogP contribution >= 0.6 is 0 Å². The minimum atomic E-state index is -0.754. The van der Waals surface area contributed by atoms with E-state index in [1.807, 2.05) is 62.4 Å². The second kappa shape index (κ2) is 7.64. The van der Waals surface area contributed by atoms with Crippen LogP contribution in [0.1, 0.15) is 38.2 Å². The third-order valence-corrected chi connectivity index (χ3v) is 3.69. The summed E-state index contributed by atoms with van der Waals surface area (Å²) in [6.07, 6.45) is 1.52. The molecule has 0 heterocycles. The molecule has 0 bridgehead atoms. The monoisotopic (exact) mass is 298 g/mol. The fourth-order valence-corrected chi connectivity index (χ4v) is 2.54. The minimum absolute atomic E-state index is 0.417. The van der Waals surface area contributed by atoms with Crippen molar-refractivity contribution in [3.8, 4) is 16.9 Å². The molecule has 0 aromatic heterocycles. The molecule has 0 saturated carbocycles. The van der Waals surface area contributed by atoms with E-state index in [-0.39, 0.29) is 0 Å². The normalized spacial score (nSPS) is 11.9. The van der Waals surface area contributed by atoms with Crippen molar-refractivity contribution in [3.63, 3.8) is 0 Å². The number of rotatable bonds is 7. The second-order valence-electron chi connectivity index (χ2n) is 5.26. The van der Waals surface area contributed by atoms with Crippen molar-refractivity contribution in [1.82, 2.24) is 0 Å².